The van der Waals surface area contributed by atoms with Gasteiger partial charge in [-0.3, -0.25) is 14.6 Å². The minimum atomic E-state index is -0.379. The lowest BCUT2D eigenvalue weighted by Gasteiger charge is -2.06. The standard InChI is InChI=1S/C15H10FN3O2S/c16-9-2-4-10(5-3-9)17-13(20)8-1-6-11-12(7-8)18-15(22)19-14(11)21/h1-7H,(H,17,20)(H2,18,19,21,22). The van der Waals surface area contributed by atoms with Crippen molar-refractivity contribution < 1.29 is 9.18 Å². The molecule has 7 heteroatoms. The van der Waals surface area contributed by atoms with Crippen molar-refractivity contribution in [1.82, 2.24) is 9.97 Å². The van der Waals surface area contributed by atoms with Crippen molar-refractivity contribution in [2.45, 2.75) is 0 Å². The Morgan fingerprint density at radius 3 is 2.55 bits per heavy atom. The molecular weight excluding hydrogens is 305 g/mol. The molecule has 0 saturated heterocycles. The summed E-state index contributed by atoms with van der Waals surface area (Å²) in [6.45, 7) is 0. The summed E-state index contributed by atoms with van der Waals surface area (Å²) in [7, 11) is 0. The molecule has 0 radical (unpaired) electrons. The van der Waals surface area contributed by atoms with E-state index in [-0.39, 0.29) is 22.1 Å². The Morgan fingerprint density at radius 1 is 1.09 bits per heavy atom. The topological polar surface area (TPSA) is 77.8 Å². The number of H-pyrrole nitrogens is 2. The molecule has 1 heterocycles. The summed E-state index contributed by atoms with van der Waals surface area (Å²) in [5.41, 5.74) is 0.989. The van der Waals surface area contributed by atoms with Crippen LogP contribution in [0.5, 0.6) is 0 Å². The number of anilines is 1. The van der Waals surface area contributed by atoms with Crippen molar-refractivity contribution in [1.29, 1.82) is 0 Å². The van der Waals surface area contributed by atoms with E-state index in [9.17, 15) is 14.0 Å². The molecule has 110 valence electrons. The molecule has 0 spiro atoms. The molecule has 22 heavy (non-hydrogen) atoms. The number of hydrogen-bond acceptors (Lipinski definition) is 3. The highest BCUT2D eigenvalue weighted by Crippen LogP contribution is 2.13. The Hall–Kier alpha value is -2.80. The lowest BCUT2D eigenvalue weighted by Crippen LogP contribution is -2.13. The third-order valence-electron chi connectivity index (χ3n) is 3.10. The minimum absolute atomic E-state index is 0.189. The summed E-state index contributed by atoms with van der Waals surface area (Å²) in [5, 5.41) is 3.06. The maximum Gasteiger partial charge on any atom is 0.259 e. The zero-order valence-corrected chi connectivity index (χ0v) is 12.0. The molecule has 5 nitrogen and oxygen atoms in total. The molecule has 0 bridgehead atoms. The second kappa shape index (κ2) is 5.53. The zero-order valence-electron chi connectivity index (χ0n) is 11.1. The Kier molecular flexibility index (Phi) is 3.56. The van der Waals surface area contributed by atoms with Crippen LogP contribution >= 0.6 is 12.2 Å². The van der Waals surface area contributed by atoms with Gasteiger partial charge in [0.25, 0.3) is 11.5 Å². The van der Waals surface area contributed by atoms with Crippen molar-refractivity contribution in [3.05, 3.63) is 69.0 Å². The van der Waals surface area contributed by atoms with E-state index >= 15 is 0 Å². The lowest BCUT2D eigenvalue weighted by molar-refractivity contribution is 0.102. The van der Waals surface area contributed by atoms with Gasteiger partial charge in [-0.1, -0.05) is 0 Å². The van der Waals surface area contributed by atoms with Crippen LogP contribution < -0.4 is 10.9 Å². The van der Waals surface area contributed by atoms with Crippen molar-refractivity contribution in [2.24, 2.45) is 0 Å². The number of halogens is 1. The van der Waals surface area contributed by atoms with Crippen molar-refractivity contribution in [3.63, 3.8) is 0 Å². The molecule has 0 saturated carbocycles. The summed E-state index contributed by atoms with van der Waals surface area (Å²) < 4.78 is 13.0. The van der Waals surface area contributed by atoms with Crippen LogP contribution in [0.1, 0.15) is 10.4 Å². The number of aromatic amines is 2. The molecule has 0 aliphatic carbocycles. The third kappa shape index (κ3) is 2.79. The van der Waals surface area contributed by atoms with Crippen LogP contribution in [0.3, 0.4) is 0 Å². The number of rotatable bonds is 2. The summed E-state index contributed by atoms with van der Waals surface area (Å²) in [6.07, 6.45) is 0. The molecule has 0 aliphatic rings. The highest BCUT2D eigenvalue weighted by molar-refractivity contribution is 7.71. The summed E-state index contributed by atoms with van der Waals surface area (Å²) in [6, 6.07) is 10.1. The first-order valence-corrected chi connectivity index (χ1v) is 6.77. The first-order chi connectivity index (χ1) is 10.5. The van der Waals surface area contributed by atoms with Crippen LogP contribution in [0.2, 0.25) is 0 Å². The van der Waals surface area contributed by atoms with E-state index in [2.05, 4.69) is 15.3 Å². The Balaban J connectivity index is 1.95. The smallest absolute Gasteiger partial charge is 0.259 e. The fourth-order valence-corrected chi connectivity index (χ4v) is 2.25. The second-order valence-electron chi connectivity index (χ2n) is 4.63. The van der Waals surface area contributed by atoms with Crippen LogP contribution in [-0.2, 0) is 0 Å². The van der Waals surface area contributed by atoms with Gasteiger partial charge in [-0.2, -0.15) is 0 Å². The Labute approximate surface area is 128 Å². The number of nitrogens with one attached hydrogen (secondary N) is 3. The summed E-state index contributed by atoms with van der Waals surface area (Å²) >= 11 is 4.91. The van der Waals surface area contributed by atoms with Gasteiger partial charge in [0.2, 0.25) is 0 Å². The molecule has 0 fully saturated rings. The van der Waals surface area contributed by atoms with E-state index in [1.54, 1.807) is 12.1 Å². The van der Waals surface area contributed by atoms with E-state index in [1.165, 1.54) is 30.3 Å². The van der Waals surface area contributed by atoms with Gasteiger partial charge in [0.15, 0.2) is 4.77 Å². The highest BCUT2D eigenvalue weighted by atomic mass is 32.1. The van der Waals surface area contributed by atoms with E-state index in [4.69, 9.17) is 12.2 Å². The van der Waals surface area contributed by atoms with Gasteiger partial charge in [-0.15, -0.1) is 0 Å². The number of carbonyl (C=O) groups is 1. The number of hydrogen-bond donors (Lipinski definition) is 3. The van der Waals surface area contributed by atoms with Crippen LogP contribution in [0.25, 0.3) is 10.9 Å². The fraction of sp³-hybridized carbons (Fsp3) is 0. The average Bonchev–Trinajstić information content (AvgIpc) is 2.48. The van der Waals surface area contributed by atoms with Gasteiger partial charge in [0, 0.05) is 11.3 Å². The Morgan fingerprint density at radius 2 is 1.82 bits per heavy atom. The van der Waals surface area contributed by atoms with Crippen molar-refractivity contribution in [3.8, 4) is 0 Å². The fourth-order valence-electron chi connectivity index (χ4n) is 2.05. The predicted octanol–water partition coefficient (Wildman–Crippen LogP) is 2.98. The molecule has 3 aromatic rings. The molecule has 3 rings (SSSR count). The van der Waals surface area contributed by atoms with Gasteiger partial charge < -0.3 is 10.3 Å². The number of benzene rings is 2. The summed E-state index contributed by atoms with van der Waals surface area (Å²) in [4.78, 5) is 29.2. The first-order valence-electron chi connectivity index (χ1n) is 6.36. The monoisotopic (exact) mass is 315 g/mol. The van der Waals surface area contributed by atoms with Crippen molar-refractivity contribution >= 4 is 34.7 Å². The molecule has 0 aliphatic heterocycles. The molecule has 1 aromatic heterocycles. The van der Waals surface area contributed by atoms with Crippen LogP contribution in [0.15, 0.2) is 47.3 Å². The van der Waals surface area contributed by atoms with E-state index < -0.39 is 0 Å². The average molecular weight is 315 g/mol. The molecule has 3 N–H and O–H groups in total. The third-order valence-corrected chi connectivity index (χ3v) is 3.31. The lowest BCUT2D eigenvalue weighted by atomic mass is 10.1. The molecule has 0 unspecified atom stereocenters. The van der Waals surface area contributed by atoms with Crippen LogP contribution in [0, 0.1) is 10.6 Å². The van der Waals surface area contributed by atoms with Gasteiger partial charge >= 0.3 is 0 Å². The predicted molar refractivity (Wildman–Crippen MR) is 84.1 cm³/mol. The maximum absolute atomic E-state index is 12.8. The summed E-state index contributed by atoms with van der Waals surface area (Å²) in [5.74, 6) is -0.747. The molecule has 2 aromatic carbocycles. The quantitative estimate of drug-likeness (QED) is 0.636. The van der Waals surface area contributed by atoms with Crippen LogP contribution in [-0.4, -0.2) is 15.9 Å². The minimum Gasteiger partial charge on any atom is -0.332 e. The molecule has 1 amide bonds. The van der Waals surface area contributed by atoms with Gasteiger partial charge in [-0.25, -0.2) is 4.39 Å². The normalized spacial score (nSPS) is 10.6. The number of aromatic nitrogens is 2. The second-order valence-corrected chi connectivity index (χ2v) is 5.04. The number of carbonyl (C=O) groups excluding carboxylic acids is 1. The number of amides is 1. The molecule has 0 atom stereocenters. The van der Waals surface area contributed by atoms with E-state index in [0.717, 1.165) is 0 Å². The SMILES string of the molecule is O=C(Nc1ccc(F)cc1)c1ccc2c(=O)[nH]c(=S)[nH]c2c1. The van der Waals surface area contributed by atoms with Crippen LogP contribution in [0.4, 0.5) is 10.1 Å². The Bertz CT molecular complexity index is 976. The zero-order chi connectivity index (χ0) is 15.7. The van der Waals surface area contributed by atoms with E-state index in [0.29, 0.717) is 22.2 Å². The van der Waals surface area contributed by atoms with Gasteiger partial charge in [0.1, 0.15) is 5.82 Å². The van der Waals surface area contributed by atoms with Gasteiger partial charge in [0.05, 0.1) is 10.9 Å². The van der Waals surface area contributed by atoms with Gasteiger partial charge in [-0.05, 0) is 54.7 Å². The maximum atomic E-state index is 12.8. The number of fused-ring (bicyclic) bond motifs is 1. The highest BCUT2D eigenvalue weighted by Gasteiger charge is 2.08. The molecular formula is C15H10FN3O2S. The van der Waals surface area contributed by atoms with E-state index in [1.807, 2.05) is 0 Å². The van der Waals surface area contributed by atoms with Crippen molar-refractivity contribution in [2.75, 3.05) is 5.32 Å². The first kappa shape index (κ1) is 14.2. The largest absolute Gasteiger partial charge is 0.332 e.